The molecule has 1 aromatic heterocycles. The van der Waals surface area contributed by atoms with Gasteiger partial charge in [-0.15, -0.1) is 0 Å². The van der Waals surface area contributed by atoms with E-state index in [1.165, 1.54) is 44.9 Å². The first kappa shape index (κ1) is 12.4. The second kappa shape index (κ2) is 4.34. The maximum absolute atomic E-state index is 10.9. The van der Waals surface area contributed by atoms with Crippen LogP contribution in [0.15, 0.2) is 6.07 Å². The van der Waals surface area contributed by atoms with Crippen molar-refractivity contribution in [2.24, 2.45) is 23.2 Å². The lowest BCUT2D eigenvalue weighted by molar-refractivity contribution is -0.0570. The van der Waals surface area contributed by atoms with Crippen LogP contribution in [0.1, 0.15) is 61.1 Å². The van der Waals surface area contributed by atoms with Gasteiger partial charge < -0.3 is 5.11 Å². The average Bonchev–Trinajstić information content (AvgIpc) is 2.84. The Bertz CT molecular complexity index is 499. The molecule has 0 unspecified atom stereocenters. The van der Waals surface area contributed by atoms with E-state index in [9.17, 15) is 4.79 Å². The molecule has 0 aromatic carbocycles. The molecule has 4 bridgehead atoms. The van der Waals surface area contributed by atoms with E-state index in [1.807, 2.05) is 0 Å². The van der Waals surface area contributed by atoms with Gasteiger partial charge in [0.05, 0.1) is 0 Å². The molecule has 0 amide bonds. The fraction of sp³-hybridized carbons (Fsp3) is 0.750. The Morgan fingerprint density at radius 3 is 2.35 bits per heavy atom. The van der Waals surface area contributed by atoms with Gasteiger partial charge >= 0.3 is 5.97 Å². The second-order valence-electron chi connectivity index (χ2n) is 7.50. The number of aromatic nitrogens is 2. The van der Waals surface area contributed by atoms with Crippen molar-refractivity contribution < 1.29 is 9.90 Å². The minimum atomic E-state index is -0.942. The third-order valence-electron chi connectivity index (χ3n) is 5.94. The van der Waals surface area contributed by atoms with Crippen molar-refractivity contribution in [2.75, 3.05) is 0 Å². The molecule has 2 N–H and O–H groups in total. The third-order valence-corrected chi connectivity index (χ3v) is 5.94. The van der Waals surface area contributed by atoms with Crippen LogP contribution < -0.4 is 0 Å². The molecule has 4 saturated carbocycles. The molecule has 4 aliphatic rings. The SMILES string of the molecule is O=C(O)c1cc(CCC23CC4CC(CC(C4)C2)C3)[nH]n1. The minimum Gasteiger partial charge on any atom is -0.476 e. The summed E-state index contributed by atoms with van der Waals surface area (Å²) in [6.07, 6.45) is 10.8. The van der Waals surface area contributed by atoms with Crippen LogP contribution in [0.4, 0.5) is 0 Å². The highest BCUT2D eigenvalue weighted by atomic mass is 16.4. The topological polar surface area (TPSA) is 66.0 Å². The van der Waals surface area contributed by atoms with E-state index in [4.69, 9.17) is 5.11 Å². The minimum absolute atomic E-state index is 0.144. The predicted octanol–water partition coefficient (Wildman–Crippen LogP) is 3.26. The molecule has 1 heterocycles. The van der Waals surface area contributed by atoms with Gasteiger partial charge in [0.2, 0.25) is 0 Å². The van der Waals surface area contributed by atoms with E-state index in [1.54, 1.807) is 6.07 Å². The Hall–Kier alpha value is -1.32. The molecule has 1 aromatic rings. The first-order valence-corrected chi connectivity index (χ1v) is 7.89. The van der Waals surface area contributed by atoms with Gasteiger partial charge in [-0.2, -0.15) is 5.10 Å². The lowest BCUT2D eigenvalue weighted by Crippen LogP contribution is -2.46. The Morgan fingerprint density at radius 1 is 1.25 bits per heavy atom. The van der Waals surface area contributed by atoms with Gasteiger partial charge in [-0.3, -0.25) is 5.10 Å². The van der Waals surface area contributed by atoms with Crippen LogP contribution in [0.25, 0.3) is 0 Å². The zero-order valence-electron chi connectivity index (χ0n) is 11.8. The van der Waals surface area contributed by atoms with Gasteiger partial charge in [0, 0.05) is 5.69 Å². The van der Waals surface area contributed by atoms with Gasteiger partial charge in [0.1, 0.15) is 0 Å². The van der Waals surface area contributed by atoms with E-state index in [2.05, 4.69) is 10.2 Å². The molecule has 0 saturated heterocycles. The van der Waals surface area contributed by atoms with Crippen molar-refractivity contribution >= 4 is 5.97 Å². The van der Waals surface area contributed by atoms with Crippen molar-refractivity contribution in [3.8, 4) is 0 Å². The van der Waals surface area contributed by atoms with Crippen molar-refractivity contribution in [1.82, 2.24) is 10.2 Å². The fourth-order valence-corrected chi connectivity index (χ4v) is 5.60. The third kappa shape index (κ3) is 2.05. The van der Waals surface area contributed by atoms with E-state index < -0.39 is 5.97 Å². The molecule has 108 valence electrons. The normalized spacial score (nSPS) is 38.3. The van der Waals surface area contributed by atoms with Crippen molar-refractivity contribution in [1.29, 1.82) is 0 Å². The van der Waals surface area contributed by atoms with E-state index in [-0.39, 0.29) is 5.69 Å². The number of aromatic carboxylic acids is 1. The molecular weight excluding hydrogens is 252 g/mol. The van der Waals surface area contributed by atoms with Crippen LogP contribution in [0.5, 0.6) is 0 Å². The van der Waals surface area contributed by atoms with Crippen molar-refractivity contribution in [2.45, 2.75) is 51.4 Å². The molecule has 0 atom stereocenters. The first-order chi connectivity index (χ1) is 9.62. The summed E-state index contributed by atoms with van der Waals surface area (Å²) in [6.45, 7) is 0. The van der Waals surface area contributed by atoms with E-state index in [0.717, 1.165) is 29.9 Å². The van der Waals surface area contributed by atoms with Crippen LogP contribution in [-0.4, -0.2) is 21.3 Å². The maximum Gasteiger partial charge on any atom is 0.356 e. The first-order valence-electron chi connectivity index (χ1n) is 7.89. The van der Waals surface area contributed by atoms with Crippen LogP contribution >= 0.6 is 0 Å². The van der Waals surface area contributed by atoms with Crippen LogP contribution in [-0.2, 0) is 6.42 Å². The number of carbonyl (C=O) groups is 1. The number of nitrogens with one attached hydrogen (secondary N) is 1. The van der Waals surface area contributed by atoms with Gasteiger partial charge in [-0.05, 0) is 80.6 Å². The van der Waals surface area contributed by atoms with E-state index >= 15 is 0 Å². The summed E-state index contributed by atoms with van der Waals surface area (Å²) < 4.78 is 0. The van der Waals surface area contributed by atoms with Crippen LogP contribution in [0.2, 0.25) is 0 Å². The standard InChI is InChI=1S/C16H22N2O2/c19-15(20)14-6-13(17-18-14)1-2-16-7-10-3-11(8-16)5-12(4-10)9-16/h6,10-12H,1-5,7-9H2,(H,17,18)(H,19,20). The molecule has 0 spiro atoms. The fourth-order valence-electron chi connectivity index (χ4n) is 5.60. The molecular formula is C16H22N2O2. The second-order valence-corrected chi connectivity index (χ2v) is 7.50. The van der Waals surface area contributed by atoms with Gasteiger partial charge in [-0.25, -0.2) is 4.79 Å². The number of carboxylic acids is 1. The summed E-state index contributed by atoms with van der Waals surface area (Å²) >= 11 is 0. The number of hydrogen-bond donors (Lipinski definition) is 2. The molecule has 4 aliphatic carbocycles. The van der Waals surface area contributed by atoms with Crippen molar-refractivity contribution in [3.63, 3.8) is 0 Å². The highest BCUT2D eigenvalue weighted by Crippen LogP contribution is 2.61. The molecule has 0 radical (unpaired) electrons. The Morgan fingerprint density at radius 2 is 1.85 bits per heavy atom. The van der Waals surface area contributed by atoms with Gasteiger partial charge in [-0.1, -0.05) is 0 Å². The predicted molar refractivity (Wildman–Crippen MR) is 74.5 cm³/mol. The zero-order valence-corrected chi connectivity index (χ0v) is 11.8. The monoisotopic (exact) mass is 274 g/mol. The number of aromatic amines is 1. The quantitative estimate of drug-likeness (QED) is 0.885. The Labute approximate surface area is 119 Å². The summed E-state index contributed by atoms with van der Waals surface area (Å²) in [5.74, 6) is 2.01. The average molecular weight is 274 g/mol. The van der Waals surface area contributed by atoms with Crippen LogP contribution in [0.3, 0.4) is 0 Å². The number of carboxylic acid groups (broad SMARTS) is 1. The molecule has 5 rings (SSSR count). The van der Waals surface area contributed by atoms with Crippen molar-refractivity contribution in [3.05, 3.63) is 17.5 Å². The van der Waals surface area contributed by atoms with Gasteiger partial charge in [0.25, 0.3) is 0 Å². The van der Waals surface area contributed by atoms with Crippen LogP contribution in [0, 0.1) is 23.2 Å². The molecule has 4 fully saturated rings. The number of nitrogens with zero attached hydrogens (tertiary/aromatic N) is 1. The highest BCUT2D eigenvalue weighted by Gasteiger charge is 2.50. The highest BCUT2D eigenvalue weighted by molar-refractivity contribution is 5.85. The number of rotatable bonds is 4. The lowest BCUT2D eigenvalue weighted by Gasteiger charge is -2.57. The maximum atomic E-state index is 10.9. The summed E-state index contributed by atoms with van der Waals surface area (Å²) in [6, 6.07) is 1.70. The van der Waals surface area contributed by atoms with Gasteiger partial charge in [0.15, 0.2) is 5.69 Å². The Kier molecular flexibility index (Phi) is 2.69. The van der Waals surface area contributed by atoms with E-state index in [0.29, 0.717) is 5.41 Å². The Balaban J connectivity index is 1.45. The molecule has 20 heavy (non-hydrogen) atoms. The summed E-state index contributed by atoms with van der Waals surface area (Å²) in [5.41, 5.74) is 1.69. The number of hydrogen-bond acceptors (Lipinski definition) is 2. The largest absolute Gasteiger partial charge is 0.476 e. The smallest absolute Gasteiger partial charge is 0.356 e. The number of aryl methyl sites for hydroxylation is 1. The number of H-pyrrole nitrogens is 1. The lowest BCUT2D eigenvalue weighted by atomic mass is 9.48. The zero-order chi connectivity index (χ0) is 13.7. The molecule has 4 nitrogen and oxygen atoms in total. The summed E-state index contributed by atoms with van der Waals surface area (Å²) in [4.78, 5) is 10.9. The molecule has 0 aliphatic heterocycles. The summed E-state index contributed by atoms with van der Waals surface area (Å²) in [5, 5.41) is 15.7. The molecule has 4 heteroatoms. The summed E-state index contributed by atoms with van der Waals surface area (Å²) in [7, 11) is 0.